The summed E-state index contributed by atoms with van der Waals surface area (Å²) in [5.74, 6) is 0. The van der Waals surface area contributed by atoms with Gasteiger partial charge in [-0.05, 0) is 32.1 Å². The third kappa shape index (κ3) is 7.62. The van der Waals surface area contributed by atoms with E-state index in [0.717, 1.165) is 11.8 Å². The standard InChI is InChI=1S/C15H31NSSi/c1-5-6-9-12-16-14-10-7-8-11-15(13-14)17-18(2,3)4/h15H,5-13H2,1-4H3/b16-14+. The molecule has 0 heterocycles. The second-order valence-electron chi connectivity index (χ2n) is 6.46. The Balaban J connectivity index is 2.43. The van der Waals surface area contributed by atoms with E-state index in [1.54, 1.807) is 0 Å². The maximum atomic E-state index is 4.88. The van der Waals surface area contributed by atoms with Gasteiger partial charge in [0.1, 0.15) is 7.22 Å². The summed E-state index contributed by atoms with van der Waals surface area (Å²) in [7, 11) is -0.979. The molecule has 0 N–H and O–H groups in total. The van der Waals surface area contributed by atoms with E-state index in [-0.39, 0.29) is 0 Å². The third-order valence-electron chi connectivity index (χ3n) is 3.32. The third-order valence-corrected chi connectivity index (χ3v) is 7.89. The molecule has 1 aliphatic carbocycles. The van der Waals surface area contributed by atoms with Crippen LogP contribution in [0, 0.1) is 0 Å². The molecule has 1 nitrogen and oxygen atoms in total. The van der Waals surface area contributed by atoms with Crippen molar-refractivity contribution in [2.45, 2.75) is 83.2 Å². The molecule has 0 radical (unpaired) electrons. The average molecular weight is 286 g/mol. The monoisotopic (exact) mass is 285 g/mol. The molecule has 0 aromatic heterocycles. The number of rotatable bonds is 6. The minimum absolute atomic E-state index is 0.865. The van der Waals surface area contributed by atoms with E-state index in [0.29, 0.717) is 0 Å². The first-order chi connectivity index (χ1) is 8.51. The van der Waals surface area contributed by atoms with Crippen LogP contribution in [0.2, 0.25) is 19.6 Å². The van der Waals surface area contributed by atoms with Gasteiger partial charge in [-0.2, -0.15) is 11.2 Å². The fraction of sp³-hybridized carbons (Fsp3) is 0.933. The molecule has 1 aliphatic rings. The fourth-order valence-corrected chi connectivity index (χ4v) is 7.67. The second-order valence-corrected chi connectivity index (χ2v) is 16.0. The summed E-state index contributed by atoms with van der Waals surface area (Å²) in [5.41, 5.74) is 1.53. The largest absolute Gasteiger partial charge is 0.294 e. The van der Waals surface area contributed by atoms with Crippen LogP contribution in [0.25, 0.3) is 0 Å². The van der Waals surface area contributed by atoms with Gasteiger partial charge in [-0.15, -0.1) is 0 Å². The molecule has 0 saturated heterocycles. The van der Waals surface area contributed by atoms with Crippen molar-refractivity contribution in [1.82, 2.24) is 0 Å². The van der Waals surface area contributed by atoms with Gasteiger partial charge in [0, 0.05) is 17.5 Å². The first-order valence-electron chi connectivity index (χ1n) is 7.71. The molecule has 1 atom stereocenters. The van der Waals surface area contributed by atoms with Gasteiger partial charge in [-0.1, -0.05) is 45.8 Å². The van der Waals surface area contributed by atoms with Crippen molar-refractivity contribution in [3.05, 3.63) is 0 Å². The highest BCUT2D eigenvalue weighted by molar-refractivity contribution is 8.29. The SMILES string of the molecule is CCCCC/N=C1\CCCCC(S[Si](C)(C)C)C1. The molecule has 3 heteroatoms. The van der Waals surface area contributed by atoms with E-state index in [4.69, 9.17) is 4.99 Å². The lowest BCUT2D eigenvalue weighted by molar-refractivity contribution is 0.714. The van der Waals surface area contributed by atoms with Crippen LogP contribution in [-0.2, 0) is 0 Å². The second kappa shape index (κ2) is 8.42. The summed E-state index contributed by atoms with van der Waals surface area (Å²) in [5, 5.41) is 0.865. The van der Waals surface area contributed by atoms with Crippen molar-refractivity contribution in [2.75, 3.05) is 6.54 Å². The molecule has 1 rings (SSSR count). The van der Waals surface area contributed by atoms with E-state index in [1.807, 2.05) is 0 Å². The smallest absolute Gasteiger partial charge is 0.108 e. The highest BCUT2D eigenvalue weighted by Crippen LogP contribution is 2.32. The van der Waals surface area contributed by atoms with E-state index in [1.165, 1.54) is 57.1 Å². The maximum absolute atomic E-state index is 4.88. The van der Waals surface area contributed by atoms with Gasteiger partial charge >= 0.3 is 0 Å². The molecule has 1 saturated carbocycles. The molecular formula is C15H31NSSi. The Morgan fingerprint density at radius 1 is 1.22 bits per heavy atom. The first kappa shape index (κ1) is 16.3. The summed E-state index contributed by atoms with van der Waals surface area (Å²) in [4.78, 5) is 4.88. The lowest BCUT2D eigenvalue weighted by Crippen LogP contribution is -2.21. The van der Waals surface area contributed by atoms with Crippen molar-refractivity contribution < 1.29 is 0 Å². The van der Waals surface area contributed by atoms with Gasteiger partial charge in [-0.3, -0.25) is 4.99 Å². The van der Waals surface area contributed by atoms with Crippen LogP contribution in [0.15, 0.2) is 4.99 Å². The Morgan fingerprint density at radius 2 is 2.00 bits per heavy atom. The number of aliphatic imine (C=N–C) groups is 1. The zero-order chi connectivity index (χ0) is 13.4. The van der Waals surface area contributed by atoms with E-state index in [9.17, 15) is 0 Å². The Bertz CT molecular complexity index is 258. The zero-order valence-electron chi connectivity index (χ0n) is 12.8. The van der Waals surface area contributed by atoms with Gasteiger partial charge in [0.25, 0.3) is 0 Å². The summed E-state index contributed by atoms with van der Waals surface area (Å²) >= 11 is 2.30. The van der Waals surface area contributed by atoms with Crippen molar-refractivity contribution in [3.8, 4) is 0 Å². The summed E-state index contributed by atoms with van der Waals surface area (Å²) in [6.07, 6.45) is 10.7. The van der Waals surface area contributed by atoms with E-state index in [2.05, 4.69) is 37.8 Å². The molecule has 0 spiro atoms. The predicted molar refractivity (Wildman–Crippen MR) is 89.6 cm³/mol. The summed E-state index contributed by atoms with van der Waals surface area (Å²) < 4.78 is 0. The highest BCUT2D eigenvalue weighted by Gasteiger charge is 2.23. The lowest BCUT2D eigenvalue weighted by Gasteiger charge is -2.23. The highest BCUT2D eigenvalue weighted by atomic mass is 32.4. The van der Waals surface area contributed by atoms with Crippen molar-refractivity contribution in [2.24, 2.45) is 4.99 Å². The molecule has 0 aromatic rings. The molecule has 1 fully saturated rings. The lowest BCUT2D eigenvalue weighted by atomic mass is 10.1. The van der Waals surface area contributed by atoms with Gasteiger partial charge in [0.2, 0.25) is 0 Å². The summed E-state index contributed by atoms with van der Waals surface area (Å²) in [6, 6.07) is 0. The summed E-state index contributed by atoms with van der Waals surface area (Å²) in [6.45, 7) is 10.8. The molecule has 0 aliphatic heterocycles. The Morgan fingerprint density at radius 3 is 2.67 bits per heavy atom. The van der Waals surface area contributed by atoms with Crippen molar-refractivity contribution >= 4 is 24.1 Å². The van der Waals surface area contributed by atoms with Crippen molar-refractivity contribution in [3.63, 3.8) is 0 Å². The minimum Gasteiger partial charge on any atom is -0.294 e. The van der Waals surface area contributed by atoms with Crippen LogP contribution in [0.4, 0.5) is 0 Å². The number of nitrogens with zero attached hydrogens (tertiary/aromatic N) is 1. The first-order valence-corrected chi connectivity index (χ1v) is 12.8. The Kier molecular flexibility index (Phi) is 7.62. The van der Waals surface area contributed by atoms with Crippen LogP contribution < -0.4 is 0 Å². The van der Waals surface area contributed by atoms with Crippen LogP contribution >= 0.6 is 11.2 Å². The van der Waals surface area contributed by atoms with Crippen LogP contribution in [-0.4, -0.2) is 24.7 Å². The molecule has 106 valence electrons. The quantitative estimate of drug-likeness (QED) is 0.356. The Labute approximate surface area is 119 Å². The maximum Gasteiger partial charge on any atom is 0.108 e. The van der Waals surface area contributed by atoms with Gasteiger partial charge in [0.05, 0.1) is 0 Å². The van der Waals surface area contributed by atoms with Gasteiger partial charge < -0.3 is 0 Å². The molecule has 18 heavy (non-hydrogen) atoms. The molecule has 0 amide bonds. The molecule has 1 unspecified atom stereocenters. The van der Waals surface area contributed by atoms with Gasteiger partial charge in [0.15, 0.2) is 0 Å². The zero-order valence-corrected chi connectivity index (χ0v) is 14.6. The molecule has 0 aromatic carbocycles. The van der Waals surface area contributed by atoms with Crippen LogP contribution in [0.1, 0.15) is 58.3 Å². The van der Waals surface area contributed by atoms with E-state index >= 15 is 0 Å². The van der Waals surface area contributed by atoms with Gasteiger partial charge in [-0.25, -0.2) is 0 Å². The average Bonchev–Trinajstić information content (AvgIpc) is 2.47. The van der Waals surface area contributed by atoms with Crippen LogP contribution in [0.3, 0.4) is 0 Å². The fourth-order valence-electron chi connectivity index (χ4n) is 2.51. The topological polar surface area (TPSA) is 12.4 Å². The molecular weight excluding hydrogens is 254 g/mol. The Hall–Kier alpha value is 0.237. The molecule has 0 bridgehead atoms. The number of hydrogen-bond acceptors (Lipinski definition) is 2. The normalized spacial score (nSPS) is 24.2. The number of hydrogen-bond donors (Lipinski definition) is 0. The minimum atomic E-state index is -0.979. The van der Waals surface area contributed by atoms with Crippen LogP contribution in [0.5, 0.6) is 0 Å². The predicted octanol–water partition coefficient (Wildman–Crippen LogP) is 5.52. The van der Waals surface area contributed by atoms with Crippen molar-refractivity contribution in [1.29, 1.82) is 0 Å². The van der Waals surface area contributed by atoms with E-state index < -0.39 is 7.22 Å². The number of unbranched alkanes of at least 4 members (excludes halogenated alkanes) is 2.